The van der Waals surface area contributed by atoms with Crippen molar-refractivity contribution in [2.24, 2.45) is 5.41 Å². The van der Waals surface area contributed by atoms with Gasteiger partial charge in [-0.3, -0.25) is 19.6 Å². The second-order valence-corrected chi connectivity index (χ2v) is 8.21. The fraction of sp³-hybridized carbons (Fsp3) is 0.350. The average Bonchev–Trinajstić information content (AvgIpc) is 3.07. The third kappa shape index (κ3) is 2.48. The number of hydrogen-bond acceptors (Lipinski definition) is 6. The lowest BCUT2D eigenvalue weighted by molar-refractivity contribution is -0.118. The van der Waals surface area contributed by atoms with E-state index in [1.165, 1.54) is 0 Å². The Morgan fingerprint density at radius 3 is 2.64 bits per heavy atom. The van der Waals surface area contributed by atoms with E-state index in [2.05, 4.69) is 15.3 Å². The third-order valence-electron chi connectivity index (χ3n) is 5.50. The molecule has 0 amide bonds. The van der Waals surface area contributed by atoms with Crippen molar-refractivity contribution in [2.45, 2.75) is 32.6 Å². The SMILES string of the molecule is CC1(C)CC(=O)C2=C(C1)[C@H](c1ccc3c(c1)OCO3)c1c([nH]c(=O)[nH]c1=O)N2. The molecular weight excluding hydrogens is 362 g/mol. The van der Waals surface area contributed by atoms with E-state index in [9.17, 15) is 14.4 Å². The molecule has 0 unspecified atom stereocenters. The summed E-state index contributed by atoms with van der Waals surface area (Å²) in [6.45, 7) is 4.23. The molecule has 1 aromatic carbocycles. The van der Waals surface area contributed by atoms with Crippen LogP contribution in [0.4, 0.5) is 5.82 Å². The van der Waals surface area contributed by atoms with Crippen LogP contribution in [0.15, 0.2) is 39.1 Å². The molecule has 3 heterocycles. The van der Waals surface area contributed by atoms with Gasteiger partial charge in [0.1, 0.15) is 5.82 Å². The van der Waals surface area contributed by atoms with E-state index < -0.39 is 17.2 Å². The van der Waals surface area contributed by atoms with Gasteiger partial charge in [-0.1, -0.05) is 19.9 Å². The van der Waals surface area contributed by atoms with Crippen LogP contribution in [-0.2, 0) is 4.79 Å². The molecule has 8 nitrogen and oxygen atoms in total. The van der Waals surface area contributed by atoms with Crippen molar-refractivity contribution < 1.29 is 14.3 Å². The highest BCUT2D eigenvalue weighted by Gasteiger charge is 2.42. The van der Waals surface area contributed by atoms with E-state index in [0.29, 0.717) is 35.6 Å². The Hall–Kier alpha value is -3.29. The highest BCUT2D eigenvalue weighted by Crippen LogP contribution is 2.49. The number of fused-ring (bicyclic) bond motifs is 2. The van der Waals surface area contributed by atoms with Gasteiger partial charge in [0.25, 0.3) is 5.56 Å². The Morgan fingerprint density at radius 2 is 1.82 bits per heavy atom. The lowest BCUT2D eigenvalue weighted by atomic mass is 9.68. The quantitative estimate of drug-likeness (QED) is 0.696. The zero-order chi connectivity index (χ0) is 19.6. The van der Waals surface area contributed by atoms with E-state index in [4.69, 9.17) is 9.47 Å². The molecule has 0 fully saturated rings. The van der Waals surface area contributed by atoms with Crippen LogP contribution in [0.3, 0.4) is 0 Å². The molecule has 5 rings (SSSR count). The van der Waals surface area contributed by atoms with E-state index in [1.54, 1.807) is 6.07 Å². The summed E-state index contributed by atoms with van der Waals surface area (Å²) >= 11 is 0. The molecule has 3 aliphatic rings. The summed E-state index contributed by atoms with van der Waals surface area (Å²) in [6.07, 6.45) is 1.05. The van der Waals surface area contributed by atoms with Gasteiger partial charge in [-0.2, -0.15) is 0 Å². The number of carbonyl (C=O) groups is 1. The van der Waals surface area contributed by atoms with E-state index in [1.807, 2.05) is 26.0 Å². The highest BCUT2D eigenvalue weighted by molar-refractivity contribution is 6.01. The second kappa shape index (κ2) is 5.60. The van der Waals surface area contributed by atoms with Crippen LogP contribution in [0.25, 0.3) is 0 Å². The van der Waals surface area contributed by atoms with Gasteiger partial charge in [-0.25, -0.2) is 4.79 Å². The normalized spacial score (nSPS) is 21.8. The standard InChI is InChI=1S/C20H19N3O5/c1-20(2)6-10-14(9-3-4-12-13(5-9)28-8-27-12)15-17(21-16(10)11(24)7-20)22-19(26)23-18(15)25/h3-5,14H,6-8H2,1-2H3,(H3,21,22,23,25,26)/t14-/m0/s1. The van der Waals surface area contributed by atoms with Crippen molar-refractivity contribution in [3.05, 3.63) is 61.4 Å². The largest absolute Gasteiger partial charge is 0.454 e. The first-order chi connectivity index (χ1) is 13.3. The lowest BCUT2D eigenvalue weighted by Crippen LogP contribution is -2.38. The van der Waals surface area contributed by atoms with E-state index >= 15 is 0 Å². The number of hydrogen-bond donors (Lipinski definition) is 3. The Labute approximate surface area is 159 Å². The summed E-state index contributed by atoms with van der Waals surface area (Å²) in [5.74, 6) is 1.02. The number of benzene rings is 1. The minimum atomic E-state index is -0.617. The molecule has 3 N–H and O–H groups in total. The number of rotatable bonds is 1. The van der Waals surface area contributed by atoms with Crippen LogP contribution in [0, 0.1) is 5.41 Å². The fourth-order valence-corrected chi connectivity index (χ4v) is 4.39. The van der Waals surface area contributed by atoms with Gasteiger partial charge >= 0.3 is 5.69 Å². The molecule has 2 aliphatic heterocycles. The van der Waals surface area contributed by atoms with Gasteiger partial charge in [-0.15, -0.1) is 0 Å². The van der Waals surface area contributed by atoms with Crippen LogP contribution < -0.4 is 26.0 Å². The summed E-state index contributed by atoms with van der Waals surface area (Å²) in [7, 11) is 0. The minimum absolute atomic E-state index is 0.0243. The number of anilines is 1. The van der Waals surface area contributed by atoms with Crippen molar-refractivity contribution in [1.29, 1.82) is 0 Å². The second-order valence-electron chi connectivity index (χ2n) is 8.21. The first-order valence-corrected chi connectivity index (χ1v) is 9.12. The zero-order valence-corrected chi connectivity index (χ0v) is 15.5. The number of H-pyrrole nitrogens is 2. The summed E-state index contributed by atoms with van der Waals surface area (Å²) in [5, 5.41) is 3.02. The minimum Gasteiger partial charge on any atom is -0.454 e. The molecular formula is C20H19N3O5. The smallest absolute Gasteiger partial charge is 0.327 e. The molecule has 0 saturated carbocycles. The van der Waals surface area contributed by atoms with Crippen LogP contribution in [-0.4, -0.2) is 22.5 Å². The summed E-state index contributed by atoms with van der Waals surface area (Å²) in [5.41, 5.74) is 1.20. The first-order valence-electron chi connectivity index (χ1n) is 9.12. The third-order valence-corrected chi connectivity index (χ3v) is 5.50. The Balaban J connectivity index is 1.77. The lowest BCUT2D eigenvalue weighted by Gasteiger charge is -2.39. The number of aromatic amines is 2. The molecule has 28 heavy (non-hydrogen) atoms. The molecule has 2 aromatic rings. The van der Waals surface area contributed by atoms with Gasteiger partial charge in [0, 0.05) is 12.3 Å². The molecule has 0 spiro atoms. The van der Waals surface area contributed by atoms with Crippen molar-refractivity contribution in [3.63, 3.8) is 0 Å². The number of ketones is 1. The van der Waals surface area contributed by atoms with Crippen molar-refractivity contribution in [1.82, 2.24) is 9.97 Å². The number of Topliss-reactive ketones (excluding diaryl/α,β-unsaturated/α-hetero) is 1. The molecule has 0 radical (unpaired) electrons. The number of carbonyl (C=O) groups excluding carboxylic acids is 1. The Morgan fingerprint density at radius 1 is 1.04 bits per heavy atom. The predicted molar refractivity (Wildman–Crippen MR) is 101 cm³/mol. The van der Waals surface area contributed by atoms with E-state index in [0.717, 1.165) is 11.1 Å². The number of nitrogens with one attached hydrogen (secondary N) is 3. The molecule has 1 atom stereocenters. The average molecular weight is 381 g/mol. The Bertz CT molecular complexity index is 1170. The molecule has 1 aliphatic carbocycles. The summed E-state index contributed by atoms with van der Waals surface area (Å²) in [6, 6.07) is 5.51. The summed E-state index contributed by atoms with van der Waals surface area (Å²) in [4.78, 5) is 42.3. The number of ether oxygens (including phenoxy) is 2. The van der Waals surface area contributed by atoms with Gasteiger partial charge in [0.05, 0.1) is 11.3 Å². The van der Waals surface area contributed by atoms with Crippen molar-refractivity contribution in [2.75, 3.05) is 12.1 Å². The maximum absolute atomic E-state index is 12.8. The molecule has 1 aromatic heterocycles. The maximum Gasteiger partial charge on any atom is 0.327 e. The maximum atomic E-state index is 12.8. The van der Waals surface area contributed by atoms with Crippen molar-refractivity contribution in [3.8, 4) is 11.5 Å². The highest BCUT2D eigenvalue weighted by atomic mass is 16.7. The van der Waals surface area contributed by atoms with Crippen LogP contribution in [0.5, 0.6) is 11.5 Å². The van der Waals surface area contributed by atoms with Crippen LogP contribution in [0.2, 0.25) is 0 Å². The van der Waals surface area contributed by atoms with Gasteiger partial charge in [0.15, 0.2) is 17.3 Å². The van der Waals surface area contributed by atoms with Gasteiger partial charge < -0.3 is 14.8 Å². The van der Waals surface area contributed by atoms with Crippen molar-refractivity contribution >= 4 is 11.6 Å². The zero-order valence-electron chi connectivity index (χ0n) is 15.5. The van der Waals surface area contributed by atoms with E-state index in [-0.39, 0.29) is 23.8 Å². The fourth-order valence-electron chi connectivity index (χ4n) is 4.39. The Kier molecular flexibility index (Phi) is 3.37. The van der Waals surface area contributed by atoms with Crippen LogP contribution in [0.1, 0.15) is 43.7 Å². The van der Waals surface area contributed by atoms with Crippen LogP contribution >= 0.6 is 0 Å². The van der Waals surface area contributed by atoms with Gasteiger partial charge in [0.2, 0.25) is 6.79 Å². The first kappa shape index (κ1) is 16.9. The topological polar surface area (TPSA) is 113 Å². The monoisotopic (exact) mass is 381 g/mol. The molecule has 0 saturated heterocycles. The number of aromatic nitrogens is 2. The van der Waals surface area contributed by atoms with Gasteiger partial charge in [-0.05, 0) is 35.1 Å². The molecule has 0 bridgehead atoms. The molecule has 8 heteroatoms. The number of allylic oxidation sites excluding steroid dienone is 2. The summed E-state index contributed by atoms with van der Waals surface area (Å²) < 4.78 is 10.9. The molecule has 144 valence electrons. The predicted octanol–water partition coefficient (Wildman–Crippen LogP) is 1.99.